The van der Waals surface area contributed by atoms with Crippen LogP contribution in [0.5, 0.6) is 5.75 Å². The highest BCUT2D eigenvalue weighted by atomic mass is 16.5. The Labute approximate surface area is 124 Å². The van der Waals surface area contributed by atoms with Crippen molar-refractivity contribution in [2.24, 2.45) is 0 Å². The summed E-state index contributed by atoms with van der Waals surface area (Å²) in [6.45, 7) is 5.67. The topological polar surface area (TPSA) is 63.6 Å². The van der Waals surface area contributed by atoms with Crippen LogP contribution in [0.1, 0.15) is 58.3 Å². The molecule has 1 aromatic rings. The van der Waals surface area contributed by atoms with Crippen molar-refractivity contribution in [3.63, 3.8) is 0 Å². The number of hydrogen-bond donors (Lipinski definition) is 1. The first-order valence-corrected chi connectivity index (χ1v) is 7.41. The molecule has 0 unspecified atom stereocenters. The van der Waals surface area contributed by atoms with Crippen molar-refractivity contribution in [1.29, 1.82) is 0 Å². The third kappa shape index (κ3) is 2.04. The van der Waals surface area contributed by atoms with E-state index in [4.69, 9.17) is 9.84 Å². The van der Waals surface area contributed by atoms with Gasteiger partial charge in [0.2, 0.25) is 0 Å². The maximum Gasteiger partial charge on any atom is 0.307 e. The highest BCUT2D eigenvalue weighted by Crippen LogP contribution is 2.48. The fourth-order valence-corrected chi connectivity index (χ4v) is 3.55. The van der Waals surface area contributed by atoms with E-state index >= 15 is 0 Å². The lowest BCUT2D eigenvalue weighted by atomic mass is 9.73. The van der Waals surface area contributed by atoms with Gasteiger partial charge in [0, 0.05) is 0 Å². The molecule has 3 rings (SSSR count). The summed E-state index contributed by atoms with van der Waals surface area (Å²) in [5, 5.41) is 9.09. The second-order valence-corrected chi connectivity index (χ2v) is 6.37. The number of ketones is 1. The van der Waals surface area contributed by atoms with Crippen molar-refractivity contribution in [3.8, 4) is 5.75 Å². The number of ether oxygens (including phenoxy) is 1. The molecule has 4 nitrogen and oxygen atoms in total. The van der Waals surface area contributed by atoms with Gasteiger partial charge in [-0.3, -0.25) is 9.59 Å². The van der Waals surface area contributed by atoms with Gasteiger partial charge in [-0.1, -0.05) is 0 Å². The van der Waals surface area contributed by atoms with Gasteiger partial charge < -0.3 is 9.84 Å². The molecule has 0 amide bonds. The SMILES string of the molecule is Cc1c(C)c2c(c(C)c1CC(=O)O)C(=O)CC1(CCC1)O2. The highest BCUT2D eigenvalue weighted by molar-refractivity contribution is 6.03. The number of carbonyl (C=O) groups excluding carboxylic acids is 1. The Morgan fingerprint density at radius 3 is 2.38 bits per heavy atom. The zero-order valence-electron chi connectivity index (χ0n) is 12.7. The van der Waals surface area contributed by atoms with Crippen LogP contribution in [0.25, 0.3) is 0 Å². The van der Waals surface area contributed by atoms with E-state index in [1.54, 1.807) is 0 Å². The van der Waals surface area contributed by atoms with Crippen molar-refractivity contribution >= 4 is 11.8 Å². The molecule has 1 N–H and O–H groups in total. The Morgan fingerprint density at radius 1 is 1.19 bits per heavy atom. The van der Waals surface area contributed by atoms with Gasteiger partial charge in [0.1, 0.15) is 11.4 Å². The van der Waals surface area contributed by atoms with Crippen molar-refractivity contribution in [2.45, 2.75) is 58.5 Å². The minimum Gasteiger partial charge on any atom is -0.486 e. The standard InChI is InChI=1S/C17H20O4/c1-9-10(2)16-15(11(3)12(9)7-14(19)20)13(18)8-17(21-16)5-4-6-17/h4-8H2,1-3H3,(H,19,20). The molecule has 1 aliphatic carbocycles. The van der Waals surface area contributed by atoms with Crippen molar-refractivity contribution in [2.75, 3.05) is 0 Å². The van der Waals surface area contributed by atoms with E-state index in [2.05, 4.69) is 0 Å². The predicted molar refractivity (Wildman–Crippen MR) is 78.2 cm³/mol. The van der Waals surface area contributed by atoms with E-state index in [1.807, 2.05) is 20.8 Å². The average molecular weight is 288 g/mol. The second kappa shape index (κ2) is 4.58. The van der Waals surface area contributed by atoms with Crippen LogP contribution < -0.4 is 4.74 Å². The molecule has 4 heteroatoms. The maximum absolute atomic E-state index is 12.6. The molecule has 1 aliphatic heterocycles. The molecule has 0 aromatic heterocycles. The summed E-state index contributed by atoms with van der Waals surface area (Å²) >= 11 is 0. The fraction of sp³-hybridized carbons (Fsp3) is 0.529. The number of rotatable bonds is 2. The third-order valence-corrected chi connectivity index (χ3v) is 5.08. The van der Waals surface area contributed by atoms with Gasteiger partial charge in [-0.2, -0.15) is 0 Å². The molecule has 1 heterocycles. The minimum atomic E-state index is -0.875. The summed E-state index contributed by atoms with van der Waals surface area (Å²) < 4.78 is 6.21. The zero-order valence-corrected chi connectivity index (χ0v) is 12.7. The first-order valence-electron chi connectivity index (χ1n) is 7.41. The summed E-state index contributed by atoms with van der Waals surface area (Å²) in [4.78, 5) is 23.7. The number of benzene rings is 1. The van der Waals surface area contributed by atoms with Gasteiger partial charge in [0.15, 0.2) is 5.78 Å². The lowest BCUT2D eigenvalue weighted by molar-refractivity contribution is -0.136. The quantitative estimate of drug-likeness (QED) is 0.908. The van der Waals surface area contributed by atoms with E-state index in [1.165, 1.54) is 0 Å². The van der Waals surface area contributed by atoms with Crippen molar-refractivity contribution < 1.29 is 19.4 Å². The van der Waals surface area contributed by atoms with Crippen LogP contribution in [-0.4, -0.2) is 22.5 Å². The Hall–Kier alpha value is -1.84. The lowest BCUT2D eigenvalue weighted by Gasteiger charge is -2.45. The summed E-state index contributed by atoms with van der Waals surface area (Å²) in [5.74, 6) is -0.0848. The molecular formula is C17H20O4. The van der Waals surface area contributed by atoms with Gasteiger partial charge in [0.25, 0.3) is 0 Å². The molecule has 0 radical (unpaired) electrons. The first kappa shape index (κ1) is 14.1. The summed E-state index contributed by atoms with van der Waals surface area (Å²) in [6, 6.07) is 0. The fourth-order valence-electron chi connectivity index (χ4n) is 3.55. The number of carboxylic acids is 1. The molecule has 0 bridgehead atoms. The smallest absolute Gasteiger partial charge is 0.307 e. The Bertz CT molecular complexity index is 653. The third-order valence-electron chi connectivity index (χ3n) is 5.08. The Balaban J connectivity index is 2.17. The van der Waals surface area contributed by atoms with Gasteiger partial charge in [-0.05, 0) is 62.3 Å². The molecule has 2 aliphatic rings. The molecule has 1 spiro atoms. The van der Waals surface area contributed by atoms with Crippen LogP contribution in [0.2, 0.25) is 0 Å². The summed E-state index contributed by atoms with van der Waals surface area (Å²) in [7, 11) is 0. The van der Waals surface area contributed by atoms with Gasteiger partial charge in [-0.25, -0.2) is 0 Å². The average Bonchev–Trinajstić information content (AvgIpc) is 2.38. The Morgan fingerprint density at radius 2 is 1.86 bits per heavy atom. The number of fused-ring (bicyclic) bond motifs is 1. The number of carbonyl (C=O) groups is 2. The van der Waals surface area contributed by atoms with Crippen LogP contribution >= 0.6 is 0 Å². The number of carboxylic acid groups (broad SMARTS) is 1. The van der Waals surface area contributed by atoms with Crippen LogP contribution in [0, 0.1) is 20.8 Å². The van der Waals surface area contributed by atoms with Crippen LogP contribution in [-0.2, 0) is 11.2 Å². The monoisotopic (exact) mass is 288 g/mol. The molecular weight excluding hydrogens is 268 g/mol. The maximum atomic E-state index is 12.6. The minimum absolute atomic E-state index is 0.0514. The van der Waals surface area contributed by atoms with Gasteiger partial charge >= 0.3 is 5.97 Å². The molecule has 1 fully saturated rings. The van der Waals surface area contributed by atoms with E-state index in [9.17, 15) is 9.59 Å². The van der Waals surface area contributed by atoms with E-state index in [0.29, 0.717) is 17.7 Å². The second-order valence-electron chi connectivity index (χ2n) is 6.37. The summed E-state index contributed by atoms with van der Waals surface area (Å²) in [5.41, 5.74) is 3.67. The van der Waals surface area contributed by atoms with Crippen molar-refractivity contribution in [1.82, 2.24) is 0 Å². The van der Waals surface area contributed by atoms with Gasteiger partial charge in [-0.15, -0.1) is 0 Å². The van der Waals surface area contributed by atoms with E-state index in [-0.39, 0.29) is 17.8 Å². The van der Waals surface area contributed by atoms with E-state index < -0.39 is 5.97 Å². The highest BCUT2D eigenvalue weighted by Gasteiger charge is 2.46. The van der Waals surface area contributed by atoms with Gasteiger partial charge in [0.05, 0.1) is 18.4 Å². The van der Waals surface area contributed by atoms with Crippen LogP contribution in [0.4, 0.5) is 0 Å². The van der Waals surface area contributed by atoms with Crippen molar-refractivity contribution in [3.05, 3.63) is 27.8 Å². The zero-order chi connectivity index (χ0) is 15.4. The number of Topliss-reactive ketones (excluding diaryl/α,β-unsaturated/α-hetero) is 1. The molecule has 1 aromatic carbocycles. The van der Waals surface area contributed by atoms with Crippen LogP contribution in [0.15, 0.2) is 0 Å². The Kier molecular flexibility index (Phi) is 3.08. The molecule has 0 saturated heterocycles. The molecule has 112 valence electrons. The normalized spacial score (nSPS) is 18.9. The molecule has 0 atom stereocenters. The largest absolute Gasteiger partial charge is 0.486 e. The number of hydrogen-bond acceptors (Lipinski definition) is 3. The molecule has 1 saturated carbocycles. The van der Waals surface area contributed by atoms with E-state index in [0.717, 1.165) is 41.5 Å². The number of aliphatic carboxylic acids is 1. The first-order chi connectivity index (χ1) is 9.84. The predicted octanol–water partition coefficient (Wildman–Crippen LogP) is 3.13. The van der Waals surface area contributed by atoms with Crippen LogP contribution in [0.3, 0.4) is 0 Å². The summed E-state index contributed by atoms with van der Waals surface area (Å²) in [6.07, 6.45) is 3.36. The lowest BCUT2D eigenvalue weighted by Crippen LogP contribution is -2.48. The molecule has 21 heavy (non-hydrogen) atoms.